The van der Waals surface area contributed by atoms with Gasteiger partial charge in [0.1, 0.15) is 0 Å². The standard InChI is InChI=1S/C29H23N3.2C2HF3O2/c30-20-22-11-14-24(15-12-22)29-25(23-9-5-2-6-10-23)19-26-27(31-18-17-28(26)32-29)16-13-21-7-3-1-4-8-21;2*3-2(4,5)1(6)7/h1-19H,20,30H2;2*(H,6,7)/b16-13+;;. The van der Waals surface area contributed by atoms with Gasteiger partial charge in [-0.15, -0.1) is 0 Å². The lowest BCUT2D eigenvalue weighted by Crippen LogP contribution is -2.21. The third-order valence-electron chi connectivity index (χ3n) is 6.04. The minimum absolute atomic E-state index is 0.528. The molecule has 46 heavy (non-hydrogen) atoms. The van der Waals surface area contributed by atoms with Gasteiger partial charge in [-0.1, -0.05) is 91.0 Å². The molecule has 7 nitrogen and oxygen atoms in total. The van der Waals surface area contributed by atoms with E-state index in [1.54, 1.807) is 0 Å². The van der Waals surface area contributed by atoms with Crippen molar-refractivity contribution in [2.75, 3.05) is 0 Å². The molecule has 0 unspecified atom stereocenters. The fourth-order valence-corrected chi connectivity index (χ4v) is 3.85. The zero-order valence-electron chi connectivity index (χ0n) is 23.6. The number of carboxylic acids is 2. The number of carboxylic acid groups (broad SMARTS) is 2. The Hall–Kier alpha value is -5.56. The third-order valence-corrected chi connectivity index (χ3v) is 6.04. The molecule has 238 valence electrons. The number of hydrogen-bond donors (Lipinski definition) is 3. The molecule has 0 atom stereocenters. The van der Waals surface area contributed by atoms with Gasteiger partial charge in [-0.3, -0.25) is 4.98 Å². The Kier molecular flexibility index (Phi) is 11.7. The molecule has 0 amide bonds. The first-order valence-corrected chi connectivity index (χ1v) is 13.2. The summed E-state index contributed by atoms with van der Waals surface area (Å²) in [7, 11) is 0. The smallest absolute Gasteiger partial charge is 0.475 e. The second kappa shape index (κ2) is 15.4. The van der Waals surface area contributed by atoms with Crippen LogP contribution in [0.15, 0.2) is 103 Å². The summed E-state index contributed by atoms with van der Waals surface area (Å²) < 4.78 is 63.5. The number of nitrogens with two attached hydrogens (primary N) is 1. The van der Waals surface area contributed by atoms with Gasteiger partial charge in [0.05, 0.1) is 16.9 Å². The van der Waals surface area contributed by atoms with E-state index >= 15 is 0 Å². The lowest BCUT2D eigenvalue weighted by Gasteiger charge is -2.13. The number of aliphatic carboxylic acids is 2. The molecule has 5 rings (SSSR count). The molecule has 4 N–H and O–H groups in total. The van der Waals surface area contributed by atoms with E-state index in [1.165, 1.54) is 0 Å². The Labute approximate surface area is 258 Å². The van der Waals surface area contributed by atoms with Gasteiger partial charge in [-0.2, -0.15) is 26.3 Å². The van der Waals surface area contributed by atoms with Crippen molar-refractivity contribution in [2.24, 2.45) is 5.73 Å². The molecule has 2 heterocycles. The van der Waals surface area contributed by atoms with Crippen LogP contribution in [0, 0.1) is 0 Å². The largest absolute Gasteiger partial charge is 0.490 e. The quantitative estimate of drug-likeness (QED) is 0.167. The van der Waals surface area contributed by atoms with Gasteiger partial charge < -0.3 is 15.9 Å². The maximum absolute atomic E-state index is 10.6. The lowest BCUT2D eigenvalue weighted by atomic mass is 9.96. The third kappa shape index (κ3) is 9.99. The Morgan fingerprint density at radius 2 is 1.24 bits per heavy atom. The topological polar surface area (TPSA) is 126 Å². The molecular formula is C33H25F6N3O4. The SMILES string of the molecule is NCc1ccc(-c2nc3ccnc(/C=C/c4ccccc4)c3cc2-c2ccccc2)cc1.O=C(O)C(F)(F)F.O=C(O)C(F)(F)F. The van der Waals surface area contributed by atoms with E-state index in [2.05, 4.69) is 83.9 Å². The van der Waals surface area contributed by atoms with Gasteiger partial charge in [0.15, 0.2) is 0 Å². The van der Waals surface area contributed by atoms with Crippen LogP contribution >= 0.6 is 0 Å². The van der Waals surface area contributed by atoms with Crippen molar-refractivity contribution >= 4 is 35.0 Å². The average molecular weight is 642 g/mol. The van der Waals surface area contributed by atoms with Gasteiger partial charge in [0, 0.05) is 29.3 Å². The van der Waals surface area contributed by atoms with Crippen LogP contribution in [0.3, 0.4) is 0 Å². The minimum atomic E-state index is -5.08. The van der Waals surface area contributed by atoms with Gasteiger partial charge >= 0.3 is 24.3 Å². The minimum Gasteiger partial charge on any atom is -0.475 e. The zero-order chi connectivity index (χ0) is 33.9. The molecule has 0 aliphatic carbocycles. The first-order chi connectivity index (χ1) is 21.7. The second-order valence-corrected chi connectivity index (χ2v) is 9.26. The Morgan fingerprint density at radius 1 is 0.717 bits per heavy atom. The van der Waals surface area contributed by atoms with Gasteiger partial charge in [-0.25, -0.2) is 14.6 Å². The highest BCUT2D eigenvalue weighted by Crippen LogP contribution is 2.34. The maximum atomic E-state index is 10.6. The monoisotopic (exact) mass is 641 g/mol. The van der Waals surface area contributed by atoms with Gasteiger partial charge in [0.2, 0.25) is 0 Å². The summed E-state index contributed by atoms with van der Waals surface area (Å²) in [5.41, 5.74) is 14.1. The van der Waals surface area contributed by atoms with Crippen LogP contribution < -0.4 is 5.73 Å². The number of fused-ring (bicyclic) bond motifs is 1. The summed E-state index contributed by atoms with van der Waals surface area (Å²) in [5, 5.41) is 15.3. The van der Waals surface area contributed by atoms with Gasteiger partial charge in [0.25, 0.3) is 0 Å². The van der Waals surface area contributed by atoms with E-state index in [1.807, 2.05) is 36.5 Å². The Morgan fingerprint density at radius 3 is 1.74 bits per heavy atom. The van der Waals surface area contributed by atoms with Crippen LogP contribution in [-0.4, -0.2) is 44.5 Å². The number of rotatable bonds is 5. The number of aromatic nitrogens is 2. The summed E-state index contributed by atoms with van der Waals surface area (Å²) in [6.45, 7) is 0.528. The zero-order valence-corrected chi connectivity index (χ0v) is 23.6. The molecule has 0 aliphatic heterocycles. The fourth-order valence-electron chi connectivity index (χ4n) is 3.85. The highest BCUT2D eigenvalue weighted by atomic mass is 19.4. The molecule has 0 saturated heterocycles. The summed E-state index contributed by atoms with van der Waals surface area (Å²) in [5.74, 6) is -5.51. The number of benzene rings is 3. The summed E-state index contributed by atoms with van der Waals surface area (Å²) in [4.78, 5) is 27.5. The summed E-state index contributed by atoms with van der Waals surface area (Å²) >= 11 is 0. The first kappa shape index (κ1) is 34.9. The number of carbonyl (C=O) groups is 2. The first-order valence-electron chi connectivity index (χ1n) is 13.2. The molecule has 0 saturated carbocycles. The highest BCUT2D eigenvalue weighted by molar-refractivity contribution is 5.96. The average Bonchev–Trinajstić information content (AvgIpc) is 3.04. The fraction of sp³-hybridized carbons (Fsp3) is 0.0909. The Balaban J connectivity index is 0.000000345. The van der Waals surface area contributed by atoms with Crippen LogP contribution in [0.5, 0.6) is 0 Å². The molecule has 0 bridgehead atoms. The van der Waals surface area contributed by atoms with Crippen molar-refractivity contribution in [3.8, 4) is 22.4 Å². The van der Waals surface area contributed by atoms with E-state index in [0.717, 1.165) is 50.1 Å². The number of alkyl halides is 6. The molecule has 0 spiro atoms. The molecule has 5 aromatic rings. The van der Waals surface area contributed by atoms with Crippen molar-refractivity contribution < 1.29 is 46.1 Å². The van der Waals surface area contributed by atoms with Crippen molar-refractivity contribution in [3.63, 3.8) is 0 Å². The highest BCUT2D eigenvalue weighted by Gasteiger charge is 2.38. The molecule has 0 fully saturated rings. The van der Waals surface area contributed by atoms with Crippen molar-refractivity contribution in [1.82, 2.24) is 9.97 Å². The molecular weight excluding hydrogens is 616 g/mol. The van der Waals surface area contributed by atoms with Crippen molar-refractivity contribution in [3.05, 3.63) is 120 Å². The van der Waals surface area contributed by atoms with E-state index in [4.69, 9.17) is 30.5 Å². The lowest BCUT2D eigenvalue weighted by molar-refractivity contribution is -0.193. The molecule has 0 aliphatic rings. The number of hydrogen-bond acceptors (Lipinski definition) is 5. The molecule has 13 heteroatoms. The summed E-state index contributed by atoms with van der Waals surface area (Å²) in [6, 6.07) is 33.1. The van der Waals surface area contributed by atoms with E-state index in [9.17, 15) is 26.3 Å². The second-order valence-electron chi connectivity index (χ2n) is 9.26. The van der Waals surface area contributed by atoms with E-state index in [-0.39, 0.29) is 0 Å². The van der Waals surface area contributed by atoms with Crippen molar-refractivity contribution in [1.29, 1.82) is 0 Å². The number of nitrogens with zero attached hydrogens (tertiary/aromatic N) is 2. The molecule has 2 aromatic heterocycles. The number of pyridine rings is 2. The van der Waals surface area contributed by atoms with Gasteiger partial charge in [-0.05, 0) is 34.9 Å². The van der Waals surface area contributed by atoms with Crippen molar-refractivity contribution in [2.45, 2.75) is 18.9 Å². The molecule has 3 aromatic carbocycles. The summed E-state index contributed by atoms with van der Waals surface area (Å²) in [6.07, 6.45) is -4.20. The van der Waals surface area contributed by atoms with E-state index < -0.39 is 24.3 Å². The Bertz CT molecular complexity index is 1770. The van der Waals surface area contributed by atoms with E-state index in [0.29, 0.717) is 6.54 Å². The van der Waals surface area contributed by atoms with Crippen LogP contribution in [-0.2, 0) is 16.1 Å². The van der Waals surface area contributed by atoms with Crippen LogP contribution in [0.2, 0.25) is 0 Å². The molecule has 0 radical (unpaired) electrons. The van der Waals surface area contributed by atoms with Crippen LogP contribution in [0.4, 0.5) is 26.3 Å². The number of halogens is 6. The predicted molar refractivity (Wildman–Crippen MR) is 161 cm³/mol. The van der Waals surface area contributed by atoms with Crippen LogP contribution in [0.1, 0.15) is 16.8 Å². The van der Waals surface area contributed by atoms with Crippen LogP contribution in [0.25, 0.3) is 45.4 Å². The normalized spacial score (nSPS) is 11.3. The maximum Gasteiger partial charge on any atom is 0.490 e. The predicted octanol–water partition coefficient (Wildman–Crippen LogP) is 7.86.